The van der Waals surface area contributed by atoms with Crippen LogP contribution in [0.25, 0.3) is 0 Å². The summed E-state index contributed by atoms with van der Waals surface area (Å²) >= 11 is 0. The van der Waals surface area contributed by atoms with E-state index < -0.39 is 31.3 Å². The lowest BCUT2D eigenvalue weighted by Gasteiger charge is -2.45. The van der Waals surface area contributed by atoms with Crippen molar-refractivity contribution in [3.8, 4) is 0 Å². The van der Waals surface area contributed by atoms with Crippen LogP contribution in [0.5, 0.6) is 0 Å². The smallest absolute Gasteiger partial charge is 0.237 e. The third-order valence-electron chi connectivity index (χ3n) is 9.96. The Balaban J connectivity index is 1.49. The van der Waals surface area contributed by atoms with Gasteiger partial charge in [0.2, 0.25) is 15.9 Å². The minimum Gasteiger partial charge on any atom is -0.369 e. The molecule has 2 bridgehead atoms. The molecule has 1 aromatic carbocycles. The Morgan fingerprint density at radius 1 is 1.10 bits per heavy atom. The average Bonchev–Trinajstić information content (AvgIpc) is 3.18. The second-order valence-corrected chi connectivity index (χ2v) is 17.0. The highest BCUT2D eigenvalue weighted by Crippen LogP contribution is 2.66. The van der Waals surface area contributed by atoms with E-state index in [1.807, 2.05) is 12.1 Å². The van der Waals surface area contributed by atoms with Crippen LogP contribution in [-0.2, 0) is 24.7 Å². The molecular formula is C28H46N4O5S2. The number of nitrogens with zero attached hydrogens (tertiary/aromatic N) is 3. The molecular weight excluding hydrogens is 536 g/mol. The lowest BCUT2D eigenvalue weighted by molar-refractivity contribution is -0.127. The fourth-order valence-corrected chi connectivity index (χ4v) is 10.3. The molecule has 1 N–H and O–H groups in total. The highest BCUT2D eigenvalue weighted by molar-refractivity contribution is 7.90. The first-order valence-corrected chi connectivity index (χ1v) is 17.7. The van der Waals surface area contributed by atoms with Gasteiger partial charge in [0.15, 0.2) is 0 Å². The number of aryl methyl sites for hydroxylation is 1. The summed E-state index contributed by atoms with van der Waals surface area (Å²) in [6, 6.07) is 7.33. The van der Waals surface area contributed by atoms with Crippen molar-refractivity contribution >= 4 is 31.5 Å². The normalized spacial score (nSPS) is 28.1. The monoisotopic (exact) mass is 582 g/mol. The van der Waals surface area contributed by atoms with E-state index in [-0.39, 0.29) is 35.3 Å². The fourth-order valence-electron chi connectivity index (χ4n) is 7.38. The standard InChI is InChI=1S/C28H46N4O5S2/c1-21-9-7-8-10-23(21)31-14-16-32(17-15-31)39(36,37)20-28-13-11-22(27(28,2)3)19-25(28)29-26(33)24(30(4)5)12-18-38(6,34)35/h7-10,22,24-25H,11-20H2,1-6H3,(H,29,33)/t22?,24-,25-,28?/m0/s1. The summed E-state index contributed by atoms with van der Waals surface area (Å²) in [5, 5.41) is 3.22. The van der Waals surface area contributed by atoms with E-state index in [4.69, 9.17) is 0 Å². The first kappa shape index (κ1) is 30.3. The molecule has 1 heterocycles. The molecule has 9 nitrogen and oxygen atoms in total. The molecule has 1 aliphatic heterocycles. The number of piperazine rings is 1. The van der Waals surface area contributed by atoms with E-state index >= 15 is 0 Å². The molecule has 4 rings (SSSR count). The number of hydrogen-bond acceptors (Lipinski definition) is 7. The van der Waals surface area contributed by atoms with Gasteiger partial charge in [-0.05, 0) is 69.7 Å². The molecule has 0 spiro atoms. The maximum atomic E-state index is 13.9. The Morgan fingerprint density at radius 3 is 2.31 bits per heavy atom. The van der Waals surface area contributed by atoms with Crippen molar-refractivity contribution in [2.45, 2.75) is 58.5 Å². The van der Waals surface area contributed by atoms with Crippen LogP contribution in [-0.4, -0.2) is 102 Å². The number of sulfonamides is 1. The van der Waals surface area contributed by atoms with Crippen LogP contribution >= 0.6 is 0 Å². The summed E-state index contributed by atoms with van der Waals surface area (Å²) in [7, 11) is -3.23. The van der Waals surface area contributed by atoms with Gasteiger partial charge in [0.1, 0.15) is 9.84 Å². The van der Waals surface area contributed by atoms with Crippen molar-refractivity contribution in [3.63, 3.8) is 0 Å². The predicted octanol–water partition coefficient (Wildman–Crippen LogP) is 2.12. The van der Waals surface area contributed by atoms with Gasteiger partial charge in [0, 0.05) is 49.6 Å². The molecule has 39 heavy (non-hydrogen) atoms. The number of hydrogen-bond donors (Lipinski definition) is 1. The third-order valence-corrected chi connectivity index (χ3v) is 13.0. The van der Waals surface area contributed by atoms with E-state index in [1.54, 1.807) is 23.3 Å². The molecule has 2 saturated carbocycles. The van der Waals surface area contributed by atoms with Gasteiger partial charge in [-0.25, -0.2) is 16.8 Å². The largest absolute Gasteiger partial charge is 0.369 e. The van der Waals surface area contributed by atoms with Crippen molar-refractivity contribution in [2.75, 3.05) is 62.9 Å². The van der Waals surface area contributed by atoms with Crippen molar-refractivity contribution < 1.29 is 21.6 Å². The van der Waals surface area contributed by atoms with Gasteiger partial charge in [0.05, 0.1) is 17.5 Å². The van der Waals surface area contributed by atoms with E-state index in [2.05, 4.69) is 43.1 Å². The van der Waals surface area contributed by atoms with Crippen molar-refractivity contribution in [1.29, 1.82) is 0 Å². The predicted molar refractivity (Wildman–Crippen MR) is 156 cm³/mol. The van der Waals surface area contributed by atoms with Crippen LogP contribution in [0.2, 0.25) is 0 Å². The van der Waals surface area contributed by atoms with Gasteiger partial charge in [0.25, 0.3) is 0 Å². The van der Waals surface area contributed by atoms with Crippen molar-refractivity contribution in [3.05, 3.63) is 29.8 Å². The third kappa shape index (κ3) is 6.01. The summed E-state index contributed by atoms with van der Waals surface area (Å²) in [5.74, 6) is 0.0653. The first-order valence-electron chi connectivity index (χ1n) is 14.0. The van der Waals surface area contributed by atoms with Crippen LogP contribution in [0.15, 0.2) is 24.3 Å². The van der Waals surface area contributed by atoms with Gasteiger partial charge in [-0.1, -0.05) is 32.0 Å². The maximum Gasteiger partial charge on any atom is 0.237 e. The van der Waals surface area contributed by atoms with Crippen molar-refractivity contribution in [1.82, 2.24) is 14.5 Å². The number of benzene rings is 1. The zero-order chi connectivity index (χ0) is 28.8. The molecule has 1 saturated heterocycles. The zero-order valence-electron chi connectivity index (χ0n) is 24.3. The molecule has 1 amide bonds. The van der Waals surface area contributed by atoms with E-state index in [0.29, 0.717) is 32.1 Å². The summed E-state index contributed by atoms with van der Waals surface area (Å²) < 4.78 is 53.0. The van der Waals surface area contributed by atoms with Gasteiger partial charge in [-0.2, -0.15) is 4.31 Å². The lowest BCUT2D eigenvalue weighted by Crippen LogP contribution is -2.58. The van der Waals surface area contributed by atoms with E-state index in [1.165, 1.54) is 11.8 Å². The minimum atomic E-state index is -3.57. The van der Waals surface area contributed by atoms with Crippen LogP contribution in [0, 0.1) is 23.7 Å². The summed E-state index contributed by atoms with van der Waals surface area (Å²) in [4.78, 5) is 17.4. The second kappa shape index (κ2) is 10.9. The number of sulfone groups is 1. The number of fused-ring (bicyclic) bond motifs is 2. The van der Waals surface area contributed by atoms with E-state index in [0.717, 1.165) is 24.9 Å². The summed E-state index contributed by atoms with van der Waals surface area (Å²) in [5.41, 5.74) is 1.54. The van der Waals surface area contributed by atoms with Crippen LogP contribution in [0.4, 0.5) is 5.69 Å². The van der Waals surface area contributed by atoms with Gasteiger partial charge in [-0.3, -0.25) is 9.69 Å². The summed E-state index contributed by atoms with van der Waals surface area (Å²) in [6.07, 6.45) is 3.85. The second-order valence-electron chi connectivity index (χ2n) is 12.7. The molecule has 2 aliphatic carbocycles. The molecule has 0 aromatic heterocycles. The molecule has 1 aromatic rings. The Labute approximate surface area is 235 Å². The Morgan fingerprint density at radius 2 is 1.74 bits per heavy atom. The number of anilines is 1. The number of likely N-dealkylation sites (N-methyl/N-ethyl adjacent to an activating group) is 1. The van der Waals surface area contributed by atoms with Crippen LogP contribution in [0.1, 0.15) is 45.1 Å². The van der Waals surface area contributed by atoms with Crippen LogP contribution < -0.4 is 10.2 Å². The van der Waals surface area contributed by atoms with Gasteiger partial charge >= 0.3 is 0 Å². The number of carbonyl (C=O) groups excluding carboxylic acids is 1. The van der Waals surface area contributed by atoms with Gasteiger partial charge < -0.3 is 10.2 Å². The zero-order valence-corrected chi connectivity index (χ0v) is 25.9. The Hall–Kier alpha value is -1.69. The highest BCUT2D eigenvalue weighted by atomic mass is 32.2. The van der Waals surface area contributed by atoms with Crippen molar-refractivity contribution in [2.24, 2.45) is 16.7 Å². The average molecular weight is 583 g/mol. The number of rotatable bonds is 10. The SMILES string of the molecule is Cc1ccccc1N1CCN(S(=O)(=O)CC23CCC(C[C@@H]2NC(=O)[C@H](CCS(C)(=O)=O)N(C)C)C3(C)C)CC1. The number of amides is 1. The van der Waals surface area contributed by atoms with Crippen LogP contribution in [0.3, 0.4) is 0 Å². The minimum absolute atomic E-state index is 0.0226. The molecule has 11 heteroatoms. The number of nitrogens with one attached hydrogen (secondary N) is 1. The lowest BCUT2D eigenvalue weighted by atomic mass is 9.69. The molecule has 0 radical (unpaired) electrons. The summed E-state index contributed by atoms with van der Waals surface area (Å²) in [6.45, 7) is 8.59. The molecule has 3 aliphatic rings. The highest BCUT2D eigenvalue weighted by Gasteiger charge is 2.66. The first-order chi connectivity index (χ1) is 18.1. The maximum absolute atomic E-state index is 13.9. The number of para-hydroxylation sites is 1. The molecule has 4 atom stereocenters. The Bertz CT molecular complexity index is 1270. The fraction of sp³-hybridized carbons (Fsp3) is 0.750. The molecule has 2 unspecified atom stereocenters. The number of carbonyl (C=O) groups is 1. The van der Waals surface area contributed by atoms with E-state index in [9.17, 15) is 21.6 Å². The van der Waals surface area contributed by atoms with Gasteiger partial charge in [-0.15, -0.1) is 0 Å². The topological polar surface area (TPSA) is 107 Å². The Kier molecular flexibility index (Phi) is 8.50. The molecule has 3 fully saturated rings. The molecule has 220 valence electrons. The quantitative estimate of drug-likeness (QED) is 0.450.